The average Bonchev–Trinajstić information content (AvgIpc) is 3.31. The standard InChI is InChI=1S/C23H23FN4/c1-15-12-20-13-18(8-11-28(20)14-15)23-21(16-6-9-25-10-7-16)22(26-27-23)17-2-4-19(24)5-3-17/h2-7,9-10,13,15,20H,8,11-12,14H2,1H3,(H,26,27)/t15?,20-/m0/s1. The Morgan fingerprint density at radius 2 is 1.86 bits per heavy atom. The molecule has 28 heavy (non-hydrogen) atoms. The molecule has 3 aromatic rings. The summed E-state index contributed by atoms with van der Waals surface area (Å²) in [6, 6.07) is 11.1. The average molecular weight is 374 g/mol. The fraction of sp³-hybridized carbons (Fsp3) is 0.304. The van der Waals surface area contributed by atoms with Crippen molar-refractivity contribution in [2.24, 2.45) is 5.92 Å². The van der Waals surface area contributed by atoms with E-state index in [2.05, 4.69) is 33.1 Å². The number of H-pyrrole nitrogens is 1. The van der Waals surface area contributed by atoms with Crippen LogP contribution in [0.3, 0.4) is 0 Å². The molecule has 1 saturated heterocycles. The molecule has 4 heterocycles. The Hall–Kier alpha value is -2.79. The van der Waals surface area contributed by atoms with Crippen molar-refractivity contribution >= 4 is 5.57 Å². The van der Waals surface area contributed by atoms with Gasteiger partial charge in [-0.25, -0.2) is 4.39 Å². The lowest BCUT2D eigenvalue weighted by atomic mass is 9.92. The first-order valence-corrected chi connectivity index (χ1v) is 9.89. The highest BCUT2D eigenvalue weighted by Gasteiger charge is 2.32. The Morgan fingerprint density at radius 1 is 1.07 bits per heavy atom. The third-order valence-electron chi connectivity index (χ3n) is 5.90. The topological polar surface area (TPSA) is 44.8 Å². The summed E-state index contributed by atoms with van der Waals surface area (Å²) in [6.07, 6.45) is 8.24. The van der Waals surface area contributed by atoms with Gasteiger partial charge in [0.25, 0.3) is 0 Å². The first-order chi connectivity index (χ1) is 13.7. The Balaban J connectivity index is 1.63. The monoisotopic (exact) mass is 374 g/mol. The number of rotatable bonds is 3. The summed E-state index contributed by atoms with van der Waals surface area (Å²) in [6.45, 7) is 4.61. The van der Waals surface area contributed by atoms with Crippen molar-refractivity contribution in [2.75, 3.05) is 13.1 Å². The number of fused-ring (bicyclic) bond motifs is 1. The van der Waals surface area contributed by atoms with Crippen LogP contribution in [0.5, 0.6) is 0 Å². The van der Waals surface area contributed by atoms with E-state index in [1.807, 2.05) is 12.1 Å². The molecule has 5 rings (SSSR count). The van der Waals surface area contributed by atoms with Crippen LogP contribution in [-0.4, -0.2) is 39.2 Å². The summed E-state index contributed by atoms with van der Waals surface area (Å²) < 4.78 is 13.4. The van der Waals surface area contributed by atoms with Crippen LogP contribution in [0.15, 0.2) is 54.9 Å². The number of aromatic nitrogens is 3. The maximum Gasteiger partial charge on any atom is 0.123 e. The molecule has 5 heteroatoms. The Bertz CT molecular complexity index is 1010. The summed E-state index contributed by atoms with van der Waals surface area (Å²) in [5.74, 6) is 0.507. The van der Waals surface area contributed by atoms with E-state index in [-0.39, 0.29) is 5.82 Å². The lowest BCUT2D eigenvalue weighted by molar-refractivity contribution is 0.283. The molecule has 0 aliphatic carbocycles. The summed E-state index contributed by atoms with van der Waals surface area (Å²) in [5, 5.41) is 7.94. The SMILES string of the molecule is CC1C[C@H]2C=C(c3[nH]nc(-c4ccc(F)cc4)c3-c3ccncc3)CCN2C1. The molecule has 0 radical (unpaired) electrons. The number of hydrogen-bond donors (Lipinski definition) is 1. The van der Waals surface area contributed by atoms with Crippen molar-refractivity contribution in [3.05, 3.63) is 66.4 Å². The van der Waals surface area contributed by atoms with Crippen LogP contribution < -0.4 is 0 Å². The van der Waals surface area contributed by atoms with Gasteiger partial charge in [0.2, 0.25) is 0 Å². The van der Waals surface area contributed by atoms with Gasteiger partial charge in [-0.2, -0.15) is 5.10 Å². The molecular formula is C23H23FN4. The molecule has 0 spiro atoms. The van der Waals surface area contributed by atoms with Gasteiger partial charge < -0.3 is 0 Å². The summed E-state index contributed by atoms with van der Waals surface area (Å²) in [7, 11) is 0. The number of pyridine rings is 1. The Kier molecular flexibility index (Phi) is 4.32. The lowest BCUT2D eigenvalue weighted by Gasteiger charge is -2.28. The predicted molar refractivity (Wildman–Crippen MR) is 109 cm³/mol. The van der Waals surface area contributed by atoms with E-state index in [1.54, 1.807) is 24.5 Å². The predicted octanol–water partition coefficient (Wildman–Crippen LogP) is 4.78. The van der Waals surface area contributed by atoms with Crippen LogP contribution in [0.25, 0.3) is 28.0 Å². The third-order valence-corrected chi connectivity index (χ3v) is 5.90. The molecule has 1 aromatic carbocycles. The lowest BCUT2D eigenvalue weighted by Crippen LogP contribution is -2.32. The highest BCUT2D eigenvalue weighted by molar-refractivity contribution is 5.89. The van der Waals surface area contributed by atoms with Crippen LogP contribution in [0.4, 0.5) is 4.39 Å². The van der Waals surface area contributed by atoms with Crippen molar-refractivity contribution in [1.29, 1.82) is 0 Å². The first kappa shape index (κ1) is 17.3. The second-order valence-corrected chi connectivity index (χ2v) is 7.91. The molecule has 0 amide bonds. The fourth-order valence-corrected chi connectivity index (χ4v) is 4.58. The van der Waals surface area contributed by atoms with Gasteiger partial charge in [-0.1, -0.05) is 13.0 Å². The smallest absolute Gasteiger partial charge is 0.123 e. The molecule has 2 aliphatic heterocycles. The van der Waals surface area contributed by atoms with Crippen LogP contribution in [-0.2, 0) is 0 Å². The minimum atomic E-state index is -0.240. The number of benzene rings is 1. The molecule has 4 nitrogen and oxygen atoms in total. The minimum absolute atomic E-state index is 0.240. The van der Waals surface area contributed by atoms with Crippen LogP contribution >= 0.6 is 0 Å². The molecule has 0 saturated carbocycles. The molecule has 142 valence electrons. The minimum Gasteiger partial charge on any atom is -0.296 e. The summed E-state index contributed by atoms with van der Waals surface area (Å²) >= 11 is 0. The fourth-order valence-electron chi connectivity index (χ4n) is 4.58. The molecule has 2 atom stereocenters. The van der Waals surface area contributed by atoms with Crippen LogP contribution in [0.2, 0.25) is 0 Å². The van der Waals surface area contributed by atoms with Crippen LogP contribution in [0.1, 0.15) is 25.5 Å². The zero-order valence-corrected chi connectivity index (χ0v) is 15.9. The zero-order chi connectivity index (χ0) is 19.1. The zero-order valence-electron chi connectivity index (χ0n) is 15.9. The van der Waals surface area contributed by atoms with Gasteiger partial charge in [-0.15, -0.1) is 0 Å². The van der Waals surface area contributed by atoms with E-state index in [0.717, 1.165) is 47.0 Å². The van der Waals surface area contributed by atoms with Gasteiger partial charge >= 0.3 is 0 Å². The highest BCUT2D eigenvalue weighted by Crippen LogP contribution is 2.40. The normalized spacial score (nSPS) is 22.1. The van der Waals surface area contributed by atoms with Gasteiger partial charge in [0.05, 0.1) is 5.69 Å². The number of nitrogens with zero attached hydrogens (tertiary/aromatic N) is 3. The second kappa shape index (κ2) is 6.99. The van der Waals surface area contributed by atoms with Gasteiger partial charge in [-0.05, 0) is 66.3 Å². The van der Waals surface area contributed by atoms with Crippen molar-refractivity contribution in [1.82, 2.24) is 20.1 Å². The Morgan fingerprint density at radius 3 is 2.64 bits per heavy atom. The van der Waals surface area contributed by atoms with Gasteiger partial charge in [-0.3, -0.25) is 15.0 Å². The first-order valence-electron chi connectivity index (χ1n) is 9.89. The van der Waals surface area contributed by atoms with Crippen LogP contribution in [0, 0.1) is 11.7 Å². The summed E-state index contributed by atoms with van der Waals surface area (Å²) in [5.41, 5.74) is 6.29. The number of hydrogen-bond acceptors (Lipinski definition) is 3. The largest absolute Gasteiger partial charge is 0.296 e. The molecular weight excluding hydrogens is 351 g/mol. The van der Waals surface area contributed by atoms with Gasteiger partial charge in [0, 0.05) is 42.7 Å². The van der Waals surface area contributed by atoms with E-state index in [4.69, 9.17) is 0 Å². The molecule has 1 fully saturated rings. The van der Waals surface area contributed by atoms with Gasteiger partial charge in [0.1, 0.15) is 11.5 Å². The molecule has 1 unspecified atom stereocenters. The number of halogens is 1. The van der Waals surface area contributed by atoms with Crippen molar-refractivity contribution in [3.63, 3.8) is 0 Å². The third kappa shape index (κ3) is 3.06. The summed E-state index contributed by atoms with van der Waals surface area (Å²) in [4.78, 5) is 6.74. The van der Waals surface area contributed by atoms with E-state index in [9.17, 15) is 4.39 Å². The van der Waals surface area contributed by atoms with Crippen molar-refractivity contribution < 1.29 is 4.39 Å². The van der Waals surface area contributed by atoms with Gasteiger partial charge in [0.15, 0.2) is 0 Å². The van der Waals surface area contributed by atoms with E-state index in [1.165, 1.54) is 30.7 Å². The molecule has 2 aliphatic rings. The Labute approximate surface area is 164 Å². The molecule has 1 N–H and O–H groups in total. The quantitative estimate of drug-likeness (QED) is 0.718. The maximum absolute atomic E-state index is 13.4. The highest BCUT2D eigenvalue weighted by atomic mass is 19.1. The van der Waals surface area contributed by atoms with E-state index < -0.39 is 0 Å². The number of nitrogens with one attached hydrogen (secondary N) is 1. The van der Waals surface area contributed by atoms with E-state index >= 15 is 0 Å². The maximum atomic E-state index is 13.4. The van der Waals surface area contributed by atoms with Crippen molar-refractivity contribution in [3.8, 4) is 22.4 Å². The van der Waals surface area contributed by atoms with Crippen molar-refractivity contribution in [2.45, 2.75) is 25.8 Å². The van der Waals surface area contributed by atoms with E-state index in [0.29, 0.717) is 6.04 Å². The second-order valence-electron chi connectivity index (χ2n) is 7.91. The molecule has 0 bridgehead atoms. The number of aromatic amines is 1. The molecule has 2 aromatic heterocycles.